The predicted octanol–water partition coefficient (Wildman–Crippen LogP) is 5.79. The van der Waals surface area contributed by atoms with E-state index in [1.807, 2.05) is 30.5 Å². The molecule has 0 atom stereocenters. The number of nitrogens with one attached hydrogen (secondary N) is 1. The van der Waals surface area contributed by atoms with Gasteiger partial charge >= 0.3 is 0 Å². The molecule has 140 valence electrons. The van der Waals surface area contributed by atoms with Crippen LogP contribution in [0.4, 0.5) is 5.13 Å². The van der Waals surface area contributed by atoms with Gasteiger partial charge in [0, 0.05) is 21.0 Å². The van der Waals surface area contributed by atoms with Crippen LogP contribution in [0.1, 0.15) is 16.8 Å². The number of rotatable bonds is 7. The SMILES string of the molecule is COc1ccc(C=NNc2nc(C)cs2)cc1OCc1c(Cl)cccc1Cl. The number of methoxy groups -OCH3 is 1. The Balaban J connectivity index is 1.73. The molecule has 3 rings (SSSR count). The molecule has 0 spiro atoms. The van der Waals surface area contributed by atoms with Crippen LogP contribution in [-0.2, 0) is 6.61 Å². The van der Waals surface area contributed by atoms with Crippen LogP contribution in [-0.4, -0.2) is 18.3 Å². The van der Waals surface area contributed by atoms with Gasteiger partial charge in [-0.1, -0.05) is 29.3 Å². The number of aromatic nitrogens is 1. The Bertz CT molecular complexity index is 940. The molecule has 0 aliphatic rings. The Labute approximate surface area is 171 Å². The number of anilines is 1. The van der Waals surface area contributed by atoms with Crippen LogP contribution >= 0.6 is 34.5 Å². The van der Waals surface area contributed by atoms with E-state index in [4.69, 9.17) is 32.7 Å². The number of halogens is 2. The summed E-state index contributed by atoms with van der Waals surface area (Å²) in [5.41, 5.74) is 5.43. The van der Waals surface area contributed by atoms with Gasteiger partial charge in [0.1, 0.15) is 6.61 Å². The molecule has 5 nitrogen and oxygen atoms in total. The van der Waals surface area contributed by atoms with Gasteiger partial charge in [0.25, 0.3) is 0 Å². The van der Waals surface area contributed by atoms with Crippen molar-refractivity contribution in [3.05, 3.63) is 68.6 Å². The molecule has 0 aliphatic carbocycles. The van der Waals surface area contributed by atoms with Crippen LogP contribution < -0.4 is 14.9 Å². The highest BCUT2D eigenvalue weighted by molar-refractivity contribution is 7.13. The van der Waals surface area contributed by atoms with Gasteiger partial charge in [-0.3, -0.25) is 5.43 Å². The van der Waals surface area contributed by atoms with Gasteiger partial charge in [-0.2, -0.15) is 5.10 Å². The summed E-state index contributed by atoms with van der Waals surface area (Å²) in [5.74, 6) is 1.18. The van der Waals surface area contributed by atoms with E-state index >= 15 is 0 Å². The Morgan fingerprint density at radius 2 is 1.96 bits per heavy atom. The summed E-state index contributed by atoms with van der Waals surface area (Å²) >= 11 is 13.9. The summed E-state index contributed by atoms with van der Waals surface area (Å²) in [6, 6.07) is 10.9. The lowest BCUT2D eigenvalue weighted by molar-refractivity contribution is 0.284. The van der Waals surface area contributed by atoms with E-state index in [0.29, 0.717) is 21.5 Å². The summed E-state index contributed by atoms with van der Waals surface area (Å²) < 4.78 is 11.3. The van der Waals surface area contributed by atoms with Crippen molar-refractivity contribution in [2.45, 2.75) is 13.5 Å². The van der Waals surface area contributed by atoms with Crippen LogP contribution in [0.5, 0.6) is 11.5 Å². The maximum Gasteiger partial charge on any atom is 0.203 e. The molecule has 0 amide bonds. The molecule has 1 aromatic heterocycles. The number of hydrogen-bond acceptors (Lipinski definition) is 6. The zero-order chi connectivity index (χ0) is 19.2. The van der Waals surface area contributed by atoms with E-state index in [9.17, 15) is 0 Å². The summed E-state index contributed by atoms with van der Waals surface area (Å²) in [4.78, 5) is 4.29. The molecular weight excluding hydrogens is 405 g/mol. The summed E-state index contributed by atoms with van der Waals surface area (Å²) in [6.07, 6.45) is 1.69. The van der Waals surface area contributed by atoms with Gasteiger partial charge in [0.05, 0.1) is 19.0 Å². The molecule has 0 aliphatic heterocycles. The third-order valence-electron chi connectivity index (χ3n) is 3.61. The van der Waals surface area contributed by atoms with Crippen molar-refractivity contribution >= 4 is 45.9 Å². The summed E-state index contributed by atoms with van der Waals surface area (Å²) in [6.45, 7) is 2.16. The molecule has 27 heavy (non-hydrogen) atoms. The van der Waals surface area contributed by atoms with Gasteiger partial charge in [-0.05, 0) is 42.8 Å². The van der Waals surface area contributed by atoms with Crippen LogP contribution in [0.3, 0.4) is 0 Å². The number of thiazole rings is 1. The van der Waals surface area contributed by atoms with E-state index in [2.05, 4.69) is 15.5 Å². The van der Waals surface area contributed by atoms with Gasteiger partial charge in [-0.15, -0.1) is 11.3 Å². The molecule has 8 heteroatoms. The fourth-order valence-corrected chi connectivity index (χ4v) is 3.42. The van der Waals surface area contributed by atoms with Crippen molar-refractivity contribution < 1.29 is 9.47 Å². The Morgan fingerprint density at radius 1 is 1.19 bits per heavy atom. The minimum absolute atomic E-state index is 0.228. The van der Waals surface area contributed by atoms with Crippen LogP contribution in [0.2, 0.25) is 10.0 Å². The second-order valence-corrected chi connectivity index (χ2v) is 7.24. The molecule has 0 saturated carbocycles. The number of hydrazone groups is 1. The van der Waals surface area contributed by atoms with Crippen molar-refractivity contribution in [2.75, 3.05) is 12.5 Å². The molecule has 1 heterocycles. The number of hydrogen-bond donors (Lipinski definition) is 1. The molecule has 0 unspecified atom stereocenters. The van der Waals surface area contributed by atoms with Crippen molar-refractivity contribution in [3.63, 3.8) is 0 Å². The third kappa shape index (κ3) is 5.13. The van der Waals surface area contributed by atoms with Crippen molar-refractivity contribution in [1.82, 2.24) is 4.98 Å². The van der Waals surface area contributed by atoms with Crippen molar-refractivity contribution in [1.29, 1.82) is 0 Å². The maximum atomic E-state index is 6.20. The minimum atomic E-state index is 0.228. The monoisotopic (exact) mass is 421 g/mol. The van der Waals surface area contributed by atoms with Crippen molar-refractivity contribution in [2.24, 2.45) is 5.10 Å². The second-order valence-electron chi connectivity index (χ2n) is 5.56. The Kier molecular flexibility index (Phi) is 6.55. The quantitative estimate of drug-likeness (QED) is 0.387. The number of benzene rings is 2. The lowest BCUT2D eigenvalue weighted by atomic mass is 10.2. The van der Waals surface area contributed by atoms with Gasteiger partial charge < -0.3 is 9.47 Å². The molecule has 0 fully saturated rings. The first-order valence-corrected chi connectivity index (χ1v) is 9.65. The number of aryl methyl sites for hydroxylation is 1. The Morgan fingerprint density at radius 3 is 2.63 bits per heavy atom. The van der Waals surface area contributed by atoms with Crippen LogP contribution in [0, 0.1) is 6.92 Å². The first-order valence-electron chi connectivity index (χ1n) is 8.01. The van der Waals surface area contributed by atoms with Gasteiger partial charge in [0.15, 0.2) is 11.5 Å². The first-order chi connectivity index (χ1) is 13.1. The van der Waals surface area contributed by atoms with Gasteiger partial charge in [-0.25, -0.2) is 4.98 Å². The van der Waals surface area contributed by atoms with Crippen LogP contribution in [0.15, 0.2) is 46.9 Å². The highest BCUT2D eigenvalue weighted by Gasteiger charge is 2.10. The van der Waals surface area contributed by atoms with E-state index in [-0.39, 0.29) is 6.61 Å². The third-order valence-corrected chi connectivity index (χ3v) is 5.19. The minimum Gasteiger partial charge on any atom is -0.493 e. The summed E-state index contributed by atoms with van der Waals surface area (Å²) in [5, 5.41) is 8.01. The van der Waals surface area contributed by atoms with Crippen LogP contribution in [0.25, 0.3) is 0 Å². The molecule has 2 aromatic carbocycles. The van der Waals surface area contributed by atoms with Gasteiger partial charge in [0.2, 0.25) is 5.13 Å². The van der Waals surface area contributed by atoms with Crippen molar-refractivity contribution in [3.8, 4) is 11.5 Å². The molecule has 1 N–H and O–H groups in total. The average Bonchev–Trinajstić information content (AvgIpc) is 3.07. The molecule has 0 saturated heterocycles. The number of nitrogens with zero attached hydrogens (tertiary/aromatic N) is 2. The molecule has 0 radical (unpaired) electrons. The molecule has 3 aromatic rings. The fourth-order valence-electron chi connectivity index (χ4n) is 2.27. The second kappa shape index (κ2) is 9.08. The highest BCUT2D eigenvalue weighted by atomic mass is 35.5. The zero-order valence-corrected chi connectivity index (χ0v) is 17.0. The van der Waals surface area contributed by atoms with E-state index in [0.717, 1.165) is 22.0 Å². The molecule has 0 bridgehead atoms. The standard InChI is InChI=1S/C19H17Cl2N3O2S/c1-12-11-27-19(23-12)24-22-9-13-6-7-17(25-2)18(8-13)26-10-14-15(20)4-3-5-16(14)21/h3-9,11H,10H2,1-2H3,(H,23,24). The zero-order valence-electron chi connectivity index (χ0n) is 14.7. The predicted molar refractivity (Wildman–Crippen MR) is 112 cm³/mol. The highest BCUT2D eigenvalue weighted by Crippen LogP contribution is 2.31. The van der Waals surface area contributed by atoms with E-state index in [1.54, 1.807) is 31.5 Å². The van der Waals surface area contributed by atoms with E-state index in [1.165, 1.54) is 11.3 Å². The maximum absolute atomic E-state index is 6.20. The number of ether oxygens (including phenoxy) is 2. The fraction of sp³-hybridized carbons (Fsp3) is 0.158. The van der Waals surface area contributed by atoms with E-state index < -0.39 is 0 Å². The first kappa shape index (κ1) is 19.5. The smallest absolute Gasteiger partial charge is 0.203 e. The summed E-state index contributed by atoms with van der Waals surface area (Å²) in [7, 11) is 1.59. The largest absolute Gasteiger partial charge is 0.493 e. The Hall–Kier alpha value is -2.28. The topological polar surface area (TPSA) is 55.7 Å². The molecular formula is C19H17Cl2N3O2S. The average molecular weight is 422 g/mol. The normalized spacial score (nSPS) is 11.0. The lowest BCUT2D eigenvalue weighted by Gasteiger charge is -2.13. The lowest BCUT2D eigenvalue weighted by Crippen LogP contribution is -2.00.